The number of nitrogens with zero attached hydrogens (tertiary/aromatic N) is 1. The van der Waals surface area contributed by atoms with Crippen LogP contribution in [0.5, 0.6) is 5.75 Å². The van der Waals surface area contributed by atoms with Gasteiger partial charge >= 0.3 is 5.97 Å². The van der Waals surface area contributed by atoms with Crippen molar-refractivity contribution >= 4 is 11.9 Å². The predicted molar refractivity (Wildman–Crippen MR) is 105 cm³/mol. The van der Waals surface area contributed by atoms with Crippen molar-refractivity contribution in [2.24, 2.45) is 5.41 Å². The molecular formula is C23H24FNO4. The molecule has 0 aliphatic carbocycles. The Bertz CT molecular complexity index is 932. The minimum atomic E-state index is -0.830. The maximum Gasteiger partial charge on any atom is 0.314 e. The summed E-state index contributed by atoms with van der Waals surface area (Å²) in [6.07, 6.45) is 2.46. The molecule has 2 heterocycles. The van der Waals surface area contributed by atoms with Gasteiger partial charge in [-0.25, -0.2) is 4.39 Å². The summed E-state index contributed by atoms with van der Waals surface area (Å²) in [5.41, 5.74) is 0.0963. The molecule has 2 aromatic rings. The molecule has 0 unspecified atom stereocenters. The number of phenols is 1. The van der Waals surface area contributed by atoms with Gasteiger partial charge in [0.05, 0.1) is 17.6 Å². The number of phenolic OH excluding ortho intramolecular Hbond substituents is 1. The first kappa shape index (κ1) is 19.4. The molecule has 2 bridgehead atoms. The predicted octanol–water partition coefficient (Wildman–Crippen LogP) is 3.70. The summed E-state index contributed by atoms with van der Waals surface area (Å²) in [5.74, 6) is -1.71. The van der Waals surface area contributed by atoms with Gasteiger partial charge < -0.3 is 14.7 Å². The Labute approximate surface area is 169 Å². The van der Waals surface area contributed by atoms with Gasteiger partial charge in [0.2, 0.25) is 0 Å². The van der Waals surface area contributed by atoms with Crippen molar-refractivity contribution in [3.05, 3.63) is 65.5 Å². The van der Waals surface area contributed by atoms with E-state index in [1.807, 2.05) is 30.3 Å². The van der Waals surface area contributed by atoms with E-state index in [0.29, 0.717) is 19.3 Å². The maximum atomic E-state index is 14.3. The lowest BCUT2D eigenvalue weighted by Crippen LogP contribution is -2.47. The Morgan fingerprint density at radius 1 is 1.21 bits per heavy atom. The lowest BCUT2D eigenvalue weighted by Gasteiger charge is -2.35. The number of amides is 1. The molecule has 0 saturated carbocycles. The standard InChI is InChI=1S/C23H24FNO4/c1-2-29-22(28)23(13-15-6-4-3-5-7-15)14-16-8-11-20(23)25(16)21(27)18-10-9-17(26)12-19(18)24/h3-7,9-10,12,16,20,26H,2,8,11,13-14H2,1H3/t16-,20+,23+/m1/s1. The molecule has 2 saturated heterocycles. The van der Waals surface area contributed by atoms with Gasteiger partial charge in [0, 0.05) is 18.2 Å². The molecule has 2 aromatic carbocycles. The van der Waals surface area contributed by atoms with Gasteiger partial charge in [-0.05, 0) is 50.3 Å². The highest BCUT2D eigenvalue weighted by molar-refractivity contribution is 5.96. The number of hydrogen-bond donors (Lipinski definition) is 1. The molecule has 1 amide bonds. The molecule has 1 N–H and O–H groups in total. The average Bonchev–Trinajstić information content (AvgIpc) is 3.25. The van der Waals surface area contributed by atoms with Crippen LogP contribution in [0, 0.1) is 11.2 Å². The Morgan fingerprint density at radius 3 is 2.66 bits per heavy atom. The highest BCUT2D eigenvalue weighted by Crippen LogP contribution is 2.52. The molecule has 2 aliphatic heterocycles. The summed E-state index contributed by atoms with van der Waals surface area (Å²) in [5, 5.41) is 9.45. The Hall–Kier alpha value is -2.89. The number of esters is 1. The van der Waals surface area contributed by atoms with Crippen LogP contribution in [0.4, 0.5) is 4.39 Å². The first-order chi connectivity index (χ1) is 14.0. The summed E-state index contributed by atoms with van der Waals surface area (Å²) >= 11 is 0. The second-order valence-electron chi connectivity index (χ2n) is 7.87. The number of ether oxygens (including phenoxy) is 1. The first-order valence-corrected chi connectivity index (χ1v) is 9.98. The van der Waals surface area contributed by atoms with Crippen LogP contribution >= 0.6 is 0 Å². The average molecular weight is 397 g/mol. The molecule has 4 rings (SSSR count). The van der Waals surface area contributed by atoms with Gasteiger partial charge in [0.25, 0.3) is 5.91 Å². The minimum Gasteiger partial charge on any atom is -0.508 e. The van der Waals surface area contributed by atoms with E-state index < -0.39 is 17.1 Å². The molecule has 0 spiro atoms. The monoisotopic (exact) mass is 397 g/mol. The summed E-state index contributed by atoms with van der Waals surface area (Å²) in [4.78, 5) is 28.0. The van der Waals surface area contributed by atoms with Crippen LogP contribution in [0.15, 0.2) is 48.5 Å². The lowest BCUT2D eigenvalue weighted by atomic mass is 9.70. The van der Waals surface area contributed by atoms with E-state index in [0.717, 1.165) is 18.1 Å². The van der Waals surface area contributed by atoms with Crippen LogP contribution in [-0.2, 0) is 16.0 Å². The summed E-state index contributed by atoms with van der Waals surface area (Å²) < 4.78 is 19.8. The number of aromatic hydroxyl groups is 1. The molecule has 5 nitrogen and oxygen atoms in total. The number of carbonyl (C=O) groups is 2. The SMILES string of the molecule is CCOC(=O)[C@@]1(Cc2ccccc2)C[C@H]2CC[C@@H]1N2C(=O)c1ccc(O)cc1F. The fourth-order valence-electron chi connectivity index (χ4n) is 5.02. The fraction of sp³-hybridized carbons (Fsp3) is 0.391. The summed E-state index contributed by atoms with van der Waals surface area (Å²) in [6, 6.07) is 12.8. The number of halogens is 1. The van der Waals surface area contributed by atoms with Crippen molar-refractivity contribution in [1.82, 2.24) is 4.90 Å². The number of carbonyl (C=O) groups excluding carboxylic acids is 2. The lowest BCUT2D eigenvalue weighted by molar-refractivity contribution is -0.157. The quantitative estimate of drug-likeness (QED) is 0.782. The molecule has 152 valence electrons. The number of hydrogen-bond acceptors (Lipinski definition) is 4. The zero-order valence-electron chi connectivity index (χ0n) is 16.3. The van der Waals surface area contributed by atoms with Gasteiger partial charge in [-0.15, -0.1) is 0 Å². The molecule has 0 aromatic heterocycles. The highest BCUT2D eigenvalue weighted by atomic mass is 19.1. The Balaban J connectivity index is 1.70. The van der Waals surface area contributed by atoms with Crippen molar-refractivity contribution in [1.29, 1.82) is 0 Å². The third-order valence-corrected chi connectivity index (χ3v) is 6.20. The van der Waals surface area contributed by atoms with E-state index in [-0.39, 0.29) is 36.0 Å². The van der Waals surface area contributed by atoms with Crippen molar-refractivity contribution in [3.63, 3.8) is 0 Å². The number of benzene rings is 2. The van der Waals surface area contributed by atoms with Gasteiger partial charge in [0.15, 0.2) is 0 Å². The van der Waals surface area contributed by atoms with Gasteiger partial charge in [-0.1, -0.05) is 30.3 Å². The van der Waals surface area contributed by atoms with Crippen LogP contribution in [0.1, 0.15) is 42.1 Å². The molecule has 2 aliphatic rings. The second-order valence-corrected chi connectivity index (χ2v) is 7.87. The second kappa shape index (κ2) is 7.50. The molecule has 29 heavy (non-hydrogen) atoms. The van der Waals surface area contributed by atoms with E-state index in [9.17, 15) is 19.1 Å². The smallest absolute Gasteiger partial charge is 0.314 e. The van der Waals surface area contributed by atoms with Gasteiger partial charge in [-0.3, -0.25) is 9.59 Å². The Morgan fingerprint density at radius 2 is 1.97 bits per heavy atom. The molecule has 2 fully saturated rings. The normalized spacial score (nSPS) is 25.2. The molecule has 3 atom stereocenters. The van der Waals surface area contributed by atoms with E-state index in [1.165, 1.54) is 12.1 Å². The minimum absolute atomic E-state index is 0.0842. The van der Waals surface area contributed by atoms with E-state index in [1.54, 1.807) is 11.8 Å². The van der Waals surface area contributed by atoms with Crippen molar-refractivity contribution in [3.8, 4) is 5.75 Å². The van der Waals surface area contributed by atoms with Crippen LogP contribution in [0.25, 0.3) is 0 Å². The third-order valence-electron chi connectivity index (χ3n) is 6.20. The maximum absolute atomic E-state index is 14.3. The first-order valence-electron chi connectivity index (χ1n) is 9.98. The van der Waals surface area contributed by atoms with Crippen molar-refractivity contribution < 1.29 is 23.8 Å². The van der Waals surface area contributed by atoms with Gasteiger partial charge in [-0.2, -0.15) is 0 Å². The Kier molecular flexibility index (Phi) is 5.03. The molecular weight excluding hydrogens is 373 g/mol. The van der Waals surface area contributed by atoms with Crippen LogP contribution in [-0.4, -0.2) is 40.6 Å². The fourth-order valence-corrected chi connectivity index (χ4v) is 5.02. The molecule has 0 radical (unpaired) electrons. The van der Waals surface area contributed by atoms with Gasteiger partial charge in [0.1, 0.15) is 11.6 Å². The number of fused-ring (bicyclic) bond motifs is 2. The third kappa shape index (κ3) is 3.26. The molecule has 6 heteroatoms. The van der Waals surface area contributed by atoms with Crippen LogP contribution in [0.2, 0.25) is 0 Å². The van der Waals surface area contributed by atoms with Crippen molar-refractivity contribution in [2.75, 3.05) is 6.61 Å². The van der Waals surface area contributed by atoms with E-state index in [2.05, 4.69) is 0 Å². The summed E-state index contributed by atoms with van der Waals surface area (Å²) in [7, 11) is 0. The van der Waals surface area contributed by atoms with Crippen LogP contribution < -0.4 is 0 Å². The van der Waals surface area contributed by atoms with E-state index in [4.69, 9.17) is 4.74 Å². The zero-order valence-corrected chi connectivity index (χ0v) is 16.3. The van der Waals surface area contributed by atoms with E-state index >= 15 is 0 Å². The number of rotatable bonds is 5. The largest absolute Gasteiger partial charge is 0.508 e. The van der Waals surface area contributed by atoms with Crippen molar-refractivity contribution in [2.45, 2.75) is 44.7 Å². The summed E-state index contributed by atoms with van der Waals surface area (Å²) in [6.45, 7) is 2.05. The zero-order chi connectivity index (χ0) is 20.6. The topological polar surface area (TPSA) is 66.8 Å². The highest BCUT2D eigenvalue weighted by Gasteiger charge is 2.62. The van der Waals surface area contributed by atoms with Crippen LogP contribution in [0.3, 0.4) is 0 Å².